The van der Waals surface area contributed by atoms with E-state index in [4.69, 9.17) is 5.26 Å². The van der Waals surface area contributed by atoms with Gasteiger partial charge >= 0.3 is 0 Å². The number of rotatable bonds is 6. The Hall–Kier alpha value is -1.91. The molecule has 0 radical (unpaired) electrons. The standard InChI is InChI=1S/C12H15N3O3S/c1-10-3-5-11(6-4-10)19(17,18)15-9-12(16)14-8-2-7-13/h3-6,15H,2,8-9H2,1H3,(H,14,16). The summed E-state index contributed by atoms with van der Waals surface area (Å²) in [6.07, 6.45) is 0.191. The summed E-state index contributed by atoms with van der Waals surface area (Å²) in [5.74, 6) is -0.467. The van der Waals surface area contributed by atoms with Crippen LogP contribution in [0.15, 0.2) is 29.2 Å². The molecule has 0 spiro atoms. The van der Waals surface area contributed by atoms with Crippen LogP contribution in [0.4, 0.5) is 0 Å². The SMILES string of the molecule is Cc1ccc(S(=O)(=O)NCC(=O)NCCC#N)cc1. The fraction of sp³-hybridized carbons (Fsp3) is 0.333. The van der Waals surface area contributed by atoms with E-state index in [-0.39, 0.29) is 24.4 Å². The van der Waals surface area contributed by atoms with Crippen LogP contribution < -0.4 is 10.0 Å². The van der Waals surface area contributed by atoms with Crippen molar-refractivity contribution in [2.45, 2.75) is 18.2 Å². The van der Waals surface area contributed by atoms with Gasteiger partial charge in [0.15, 0.2) is 0 Å². The highest BCUT2D eigenvalue weighted by Crippen LogP contribution is 2.09. The van der Waals surface area contributed by atoms with Crippen LogP contribution in [0.25, 0.3) is 0 Å². The van der Waals surface area contributed by atoms with Crippen LogP contribution in [0.3, 0.4) is 0 Å². The Kier molecular flexibility index (Phi) is 5.48. The lowest BCUT2D eigenvalue weighted by Crippen LogP contribution is -2.37. The number of nitrogens with zero attached hydrogens (tertiary/aromatic N) is 1. The van der Waals surface area contributed by atoms with Crippen molar-refractivity contribution in [1.29, 1.82) is 5.26 Å². The summed E-state index contributed by atoms with van der Waals surface area (Å²) >= 11 is 0. The zero-order chi connectivity index (χ0) is 14.3. The first-order valence-electron chi connectivity index (χ1n) is 5.65. The minimum absolute atomic E-state index is 0.114. The third kappa shape index (κ3) is 5.07. The van der Waals surface area contributed by atoms with Crippen molar-refractivity contribution in [3.05, 3.63) is 29.8 Å². The second-order valence-corrected chi connectivity index (χ2v) is 5.66. The van der Waals surface area contributed by atoms with Gasteiger partial charge in [-0.25, -0.2) is 13.1 Å². The van der Waals surface area contributed by atoms with Gasteiger partial charge in [0.05, 0.1) is 23.9 Å². The highest BCUT2D eigenvalue weighted by Gasteiger charge is 2.14. The highest BCUT2D eigenvalue weighted by molar-refractivity contribution is 7.89. The molecule has 0 aliphatic heterocycles. The van der Waals surface area contributed by atoms with Crippen molar-refractivity contribution in [2.75, 3.05) is 13.1 Å². The van der Waals surface area contributed by atoms with Gasteiger partial charge in [0, 0.05) is 6.54 Å². The first kappa shape index (κ1) is 15.1. The molecule has 0 unspecified atom stereocenters. The lowest BCUT2D eigenvalue weighted by Gasteiger charge is -2.07. The molecule has 0 aliphatic carbocycles. The van der Waals surface area contributed by atoms with E-state index in [0.29, 0.717) is 0 Å². The molecule has 0 saturated heterocycles. The monoisotopic (exact) mass is 281 g/mol. The number of nitriles is 1. The van der Waals surface area contributed by atoms with E-state index in [0.717, 1.165) is 5.56 Å². The normalized spacial score (nSPS) is 10.7. The lowest BCUT2D eigenvalue weighted by atomic mass is 10.2. The lowest BCUT2D eigenvalue weighted by molar-refractivity contribution is -0.119. The summed E-state index contributed by atoms with van der Waals surface area (Å²) in [5, 5.41) is 10.7. The molecule has 1 aromatic carbocycles. The van der Waals surface area contributed by atoms with Crippen LogP contribution in [0.5, 0.6) is 0 Å². The van der Waals surface area contributed by atoms with Gasteiger partial charge in [0.25, 0.3) is 0 Å². The van der Waals surface area contributed by atoms with Gasteiger partial charge in [-0.1, -0.05) is 17.7 Å². The Balaban J connectivity index is 2.54. The summed E-state index contributed by atoms with van der Waals surface area (Å²) in [7, 11) is -3.68. The van der Waals surface area contributed by atoms with Crippen LogP contribution in [-0.2, 0) is 14.8 Å². The summed E-state index contributed by atoms with van der Waals surface area (Å²) in [6.45, 7) is 1.72. The first-order valence-corrected chi connectivity index (χ1v) is 7.14. The maximum Gasteiger partial charge on any atom is 0.241 e. The van der Waals surface area contributed by atoms with Gasteiger partial charge in [-0.3, -0.25) is 4.79 Å². The largest absolute Gasteiger partial charge is 0.354 e. The van der Waals surface area contributed by atoms with Crippen LogP contribution in [0, 0.1) is 18.3 Å². The second kappa shape index (κ2) is 6.87. The van der Waals surface area contributed by atoms with Gasteiger partial charge in [0.2, 0.25) is 15.9 Å². The number of aryl methyl sites for hydroxylation is 1. The van der Waals surface area contributed by atoms with E-state index in [9.17, 15) is 13.2 Å². The number of amides is 1. The molecule has 19 heavy (non-hydrogen) atoms. The Morgan fingerprint density at radius 1 is 1.32 bits per heavy atom. The first-order chi connectivity index (χ1) is 8.95. The molecule has 0 bridgehead atoms. The molecule has 0 aliphatic rings. The quantitative estimate of drug-likeness (QED) is 0.733. The number of hydrogen-bond acceptors (Lipinski definition) is 4. The second-order valence-electron chi connectivity index (χ2n) is 3.90. The third-order valence-corrected chi connectivity index (χ3v) is 3.73. The zero-order valence-corrected chi connectivity index (χ0v) is 11.3. The molecule has 0 saturated carbocycles. The van der Waals surface area contributed by atoms with Crippen LogP contribution >= 0.6 is 0 Å². The van der Waals surface area contributed by atoms with Gasteiger partial charge in [0.1, 0.15) is 0 Å². The van der Waals surface area contributed by atoms with Crippen molar-refractivity contribution in [3.8, 4) is 6.07 Å². The van der Waals surface area contributed by atoms with E-state index in [1.54, 1.807) is 12.1 Å². The minimum atomic E-state index is -3.68. The van der Waals surface area contributed by atoms with Crippen molar-refractivity contribution in [1.82, 2.24) is 10.0 Å². The highest BCUT2D eigenvalue weighted by atomic mass is 32.2. The van der Waals surface area contributed by atoms with E-state index < -0.39 is 15.9 Å². The van der Waals surface area contributed by atoms with Crippen LogP contribution in [0.1, 0.15) is 12.0 Å². The molecule has 7 heteroatoms. The van der Waals surface area contributed by atoms with E-state index in [1.807, 2.05) is 13.0 Å². The van der Waals surface area contributed by atoms with Gasteiger partial charge in [-0.05, 0) is 19.1 Å². The molecule has 0 fully saturated rings. The van der Waals surface area contributed by atoms with E-state index in [2.05, 4.69) is 10.0 Å². The number of sulfonamides is 1. The maximum absolute atomic E-state index is 11.8. The fourth-order valence-corrected chi connectivity index (χ4v) is 2.26. The third-order valence-electron chi connectivity index (χ3n) is 2.31. The minimum Gasteiger partial charge on any atom is -0.354 e. The molecule has 0 aromatic heterocycles. The Labute approximate surface area is 112 Å². The smallest absolute Gasteiger partial charge is 0.241 e. The summed E-state index contributed by atoms with van der Waals surface area (Å²) in [6, 6.07) is 8.19. The summed E-state index contributed by atoms with van der Waals surface area (Å²) in [5.41, 5.74) is 0.952. The molecule has 0 heterocycles. The predicted octanol–water partition coefficient (Wildman–Crippen LogP) is 0.303. The average molecular weight is 281 g/mol. The van der Waals surface area contributed by atoms with Crippen molar-refractivity contribution in [2.24, 2.45) is 0 Å². The van der Waals surface area contributed by atoms with Crippen molar-refractivity contribution in [3.63, 3.8) is 0 Å². The molecule has 1 amide bonds. The molecule has 1 rings (SSSR count). The maximum atomic E-state index is 11.8. The summed E-state index contributed by atoms with van der Waals surface area (Å²) < 4.78 is 25.9. The number of hydrogen-bond donors (Lipinski definition) is 2. The van der Waals surface area contributed by atoms with Gasteiger partial charge in [-0.2, -0.15) is 5.26 Å². The Morgan fingerprint density at radius 3 is 2.53 bits per heavy atom. The van der Waals surface area contributed by atoms with Crippen LogP contribution in [-0.4, -0.2) is 27.4 Å². The Bertz CT molecular complexity index is 573. The molecule has 2 N–H and O–H groups in total. The van der Waals surface area contributed by atoms with Crippen molar-refractivity contribution >= 4 is 15.9 Å². The number of carbonyl (C=O) groups is 1. The molecule has 102 valence electrons. The van der Waals surface area contributed by atoms with Gasteiger partial charge in [-0.15, -0.1) is 0 Å². The van der Waals surface area contributed by atoms with Crippen molar-refractivity contribution < 1.29 is 13.2 Å². The topological polar surface area (TPSA) is 99.1 Å². The average Bonchev–Trinajstić information content (AvgIpc) is 2.37. The Morgan fingerprint density at radius 2 is 1.95 bits per heavy atom. The molecular weight excluding hydrogens is 266 g/mol. The zero-order valence-electron chi connectivity index (χ0n) is 10.5. The number of nitrogens with one attached hydrogen (secondary N) is 2. The number of carbonyl (C=O) groups excluding carboxylic acids is 1. The number of benzene rings is 1. The van der Waals surface area contributed by atoms with E-state index in [1.165, 1.54) is 12.1 Å². The molecule has 0 atom stereocenters. The predicted molar refractivity (Wildman–Crippen MR) is 69.6 cm³/mol. The summed E-state index contributed by atoms with van der Waals surface area (Å²) in [4.78, 5) is 11.4. The fourth-order valence-electron chi connectivity index (χ4n) is 1.28. The van der Waals surface area contributed by atoms with Crippen LogP contribution in [0.2, 0.25) is 0 Å². The van der Waals surface area contributed by atoms with Gasteiger partial charge < -0.3 is 5.32 Å². The molecular formula is C12H15N3O3S. The molecule has 1 aromatic rings. The van der Waals surface area contributed by atoms with E-state index >= 15 is 0 Å². The molecule has 6 nitrogen and oxygen atoms in total.